The molecule has 1 atom stereocenters. The van der Waals surface area contributed by atoms with E-state index in [4.69, 9.17) is 4.74 Å². The standard InChI is InChI=1S/C17H17F3N2O2/c1-2-24-14-5-3-4-11-10-12(6-7-13(11)14)16(17(18,19)20)22-9-8-15(23)21-22/h3-7,10,16H,2,8-9H2,1H3,(H,21,23). The fourth-order valence-electron chi connectivity index (χ4n) is 2.96. The highest BCUT2D eigenvalue weighted by atomic mass is 19.4. The Hall–Kier alpha value is -2.28. The molecule has 0 aliphatic carbocycles. The zero-order valence-electron chi connectivity index (χ0n) is 13.1. The van der Waals surface area contributed by atoms with Crippen LogP contribution in [0, 0.1) is 0 Å². The minimum Gasteiger partial charge on any atom is -0.493 e. The van der Waals surface area contributed by atoms with E-state index in [1.807, 2.05) is 6.92 Å². The summed E-state index contributed by atoms with van der Waals surface area (Å²) in [4.78, 5) is 11.3. The highest BCUT2D eigenvalue weighted by Gasteiger charge is 2.46. The fraction of sp³-hybridized carbons (Fsp3) is 0.353. The van der Waals surface area contributed by atoms with Crippen molar-refractivity contribution in [2.75, 3.05) is 13.2 Å². The van der Waals surface area contributed by atoms with Crippen molar-refractivity contribution < 1.29 is 22.7 Å². The molecule has 1 aliphatic rings. The summed E-state index contributed by atoms with van der Waals surface area (Å²) in [7, 11) is 0. The number of amides is 1. The summed E-state index contributed by atoms with van der Waals surface area (Å²) in [5.41, 5.74) is 2.38. The number of halogens is 3. The van der Waals surface area contributed by atoms with Gasteiger partial charge in [0.05, 0.1) is 6.61 Å². The van der Waals surface area contributed by atoms with Gasteiger partial charge in [-0.2, -0.15) is 13.2 Å². The number of nitrogens with zero attached hydrogens (tertiary/aromatic N) is 1. The summed E-state index contributed by atoms with van der Waals surface area (Å²) < 4.78 is 46.2. The second-order valence-electron chi connectivity index (χ2n) is 5.59. The van der Waals surface area contributed by atoms with Gasteiger partial charge in [-0.3, -0.25) is 10.2 Å². The van der Waals surface area contributed by atoms with E-state index in [2.05, 4.69) is 5.43 Å². The van der Waals surface area contributed by atoms with Gasteiger partial charge in [-0.25, -0.2) is 5.01 Å². The van der Waals surface area contributed by atoms with Crippen LogP contribution in [0.1, 0.15) is 24.9 Å². The number of carbonyl (C=O) groups is 1. The van der Waals surface area contributed by atoms with Gasteiger partial charge in [0.2, 0.25) is 5.91 Å². The summed E-state index contributed by atoms with van der Waals surface area (Å²) in [6, 6.07) is 7.98. The first-order valence-electron chi connectivity index (χ1n) is 7.68. The third kappa shape index (κ3) is 3.17. The van der Waals surface area contributed by atoms with Crippen molar-refractivity contribution in [3.63, 3.8) is 0 Å². The molecule has 1 aliphatic heterocycles. The molecule has 1 saturated heterocycles. The maximum Gasteiger partial charge on any atom is 0.409 e. The lowest BCUT2D eigenvalue weighted by atomic mass is 10.0. The minimum atomic E-state index is -4.50. The molecular weight excluding hydrogens is 321 g/mol. The molecule has 1 N–H and O–H groups in total. The second kappa shape index (κ2) is 6.32. The van der Waals surface area contributed by atoms with Gasteiger partial charge in [0.15, 0.2) is 0 Å². The van der Waals surface area contributed by atoms with Crippen LogP contribution in [0.25, 0.3) is 10.8 Å². The predicted octanol–water partition coefficient (Wildman–Crippen LogP) is 3.58. The third-order valence-corrected chi connectivity index (χ3v) is 3.95. The van der Waals surface area contributed by atoms with E-state index in [1.165, 1.54) is 12.1 Å². The monoisotopic (exact) mass is 338 g/mol. The lowest BCUT2D eigenvalue weighted by molar-refractivity contribution is -0.191. The average Bonchev–Trinajstić information content (AvgIpc) is 2.92. The molecule has 1 heterocycles. The Morgan fingerprint density at radius 2 is 2.08 bits per heavy atom. The summed E-state index contributed by atoms with van der Waals surface area (Å²) in [6.45, 7) is 2.36. The average molecular weight is 338 g/mol. The second-order valence-corrected chi connectivity index (χ2v) is 5.59. The van der Waals surface area contributed by atoms with Crippen LogP contribution in [0.15, 0.2) is 36.4 Å². The molecule has 128 valence electrons. The third-order valence-electron chi connectivity index (χ3n) is 3.95. The summed E-state index contributed by atoms with van der Waals surface area (Å²) in [5.74, 6) is 0.239. The SMILES string of the molecule is CCOc1cccc2cc(C(N3CCC(=O)N3)C(F)(F)F)ccc12. The number of hydrogen-bond donors (Lipinski definition) is 1. The first-order valence-corrected chi connectivity index (χ1v) is 7.68. The molecule has 1 unspecified atom stereocenters. The van der Waals surface area contributed by atoms with Gasteiger partial charge in [-0.15, -0.1) is 0 Å². The summed E-state index contributed by atoms with van der Waals surface area (Å²) >= 11 is 0. The fourth-order valence-corrected chi connectivity index (χ4v) is 2.96. The van der Waals surface area contributed by atoms with Gasteiger partial charge >= 0.3 is 6.18 Å². The van der Waals surface area contributed by atoms with Crippen LogP contribution in [-0.4, -0.2) is 30.2 Å². The number of rotatable bonds is 4. The van der Waals surface area contributed by atoms with Crippen LogP contribution in [0.4, 0.5) is 13.2 Å². The number of carbonyl (C=O) groups excluding carboxylic acids is 1. The number of nitrogens with one attached hydrogen (secondary N) is 1. The molecule has 4 nitrogen and oxygen atoms in total. The van der Waals surface area contributed by atoms with Crippen molar-refractivity contribution >= 4 is 16.7 Å². The molecular formula is C17H17F3N2O2. The normalized spacial score (nSPS) is 17.1. The van der Waals surface area contributed by atoms with Crippen molar-refractivity contribution in [3.05, 3.63) is 42.0 Å². The first-order chi connectivity index (χ1) is 11.4. The maximum atomic E-state index is 13.6. The Morgan fingerprint density at radius 1 is 1.29 bits per heavy atom. The van der Waals surface area contributed by atoms with E-state index in [-0.39, 0.29) is 18.5 Å². The van der Waals surface area contributed by atoms with Crippen LogP contribution in [0.5, 0.6) is 5.75 Å². The van der Waals surface area contributed by atoms with Crippen molar-refractivity contribution in [3.8, 4) is 5.75 Å². The van der Waals surface area contributed by atoms with E-state index < -0.39 is 18.1 Å². The molecule has 2 aromatic rings. The molecule has 0 bridgehead atoms. The van der Waals surface area contributed by atoms with Gasteiger partial charge < -0.3 is 4.74 Å². The van der Waals surface area contributed by atoms with Gasteiger partial charge in [0.1, 0.15) is 11.8 Å². The van der Waals surface area contributed by atoms with E-state index in [0.29, 0.717) is 17.7 Å². The molecule has 0 aromatic heterocycles. The van der Waals surface area contributed by atoms with Crippen molar-refractivity contribution in [1.82, 2.24) is 10.4 Å². The lowest BCUT2D eigenvalue weighted by Crippen LogP contribution is -2.43. The quantitative estimate of drug-likeness (QED) is 0.926. The van der Waals surface area contributed by atoms with Crippen LogP contribution in [0.2, 0.25) is 0 Å². The number of ether oxygens (including phenoxy) is 1. The largest absolute Gasteiger partial charge is 0.493 e. The van der Waals surface area contributed by atoms with Gasteiger partial charge in [0, 0.05) is 18.4 Å². The van der Waals surface area contributed by atoms with Crippen molar-refractivity contribution in [2.24, 2.45) is 0 Å². The number of benzene rings is 2. The molecule has 3 rings (SSSR count). The minimum absolute atomic E-state index is 0.0278. The van der Waals surface area contributed by atoms with E-state index in [9.17, 15) is 18.0 Å². The molecule has 2 aromatic carbocycles. The lowest BCUT2D eigenvalue weighted by Gasteiger charge is -2.29. The Morgan fingerprint density at radius 3 is 2.71 bits per heavy atom. The number of fused-ring (bicyclic) bond motifs is 1. The number of hydrogen-bond acceptors (Lipinski definition) is 3. The topological polar surface area (TPSA) is 41.6 Å². The van der Waals surface area contributed by atoms with Gasteiger partial charge in [-0.05, 0) is 30.0 Å². The molecule has 1 amide bonds. The Balaban J connectivity index is 2.03. The van der Waals surface area contributed by atoms with E-state index in [0.717, 1.165) is 10.4 Å². The molecule has 0 saturated carbocycles. The van der Waals surface area contributed by atoms with Crippen LogP contribution in [-0.2, 0) is 4.79 Å². The Bertz CT molecular complexity index is 761. The zero-order chi connectivity index (χ0) is 17.3. The van der Waals surface area contributed by atoms with Crippen molar-refractivity contribution in [1.29, 1.82) is 0 Å². The summed E-state index contributed by atoms with van der Waals surface area (Å²) in [6.07, 6.45) is -4.43. The van der Waals surface area contributed by atoms with Crippen LogP contribution < -0.4 is 10.2 Å². The number of hydrazine groups is 1. The summed E-state index contributed by atoms with van der Waals surface area (Å²) in [5, 5.41) is 2.38. The Kier molecular flexibility index (Phi) is 4.36. The van der Waals surface area contributed by atoms with E-state index >= 15 is 0 Å². The number of alkyl halides is 3. The predicted molar refractivity (Wildman–Crippen MR) is 83.4 cm³/mol. The Labute approximate surface area is 137 Å². The molecule has 1 fully saturated rings. The van der Waals surface area contributed by atoms with Crippen LogP contribution >= 0.6 is 0 Å². The zero-order valence-corrected chi connectivity index (χ0v) is 13.1. The van der Waals surface area contributed by atoms with Gasteiger partial charge in [0.25, 0.3) is 0 Å². The van der Waals surface area contributed by atoms with Crippen LogP contribution in [0.3, 0.4) is 0 Å². The smallest absolute Gasteiger partial charge is 0.409 e. The van der Waals surface area contributed by atoms with Crippen molar-refractivity contribution in [2.45, 2.75) is 25.6 Å². The van der Waals surface area contributed by atoms with Gasteiger partial charge in [-0.1, -0.05) is 24.3 Å². The molecule has 0 radical (unpaired) electrons. The molecule has 24 heavy (non-hydrogen) atoms. The first kappa shape index (κ1) is 16.6. The van der Waals surface area contributed by atoms with E-state index in [1.54, 1.807) is 24.3 Å². The maximum absolute atomic E-state index is 13.6. The molecule has 7 heteroatoms. The molecule has 0 spiro atoms. The highest BCUT2D eigenvalue weighted by Crippen LogP contribution is 2.39. The highest BCUT2D eigenvalue weighted by molar-refractivity contribution is 5.89.